The average molecular weight is 331 g/mol. The molecule has 0 saturated carbocycles. The number of aryl methyl sites for hydroxylation is 1. The maximum absolute atomic E-state index is 12.8. The summed E-state index contributed by atoms with van der Waals surface area (Å²) in [5.74, 6) is 0. The normalized spacial score (nSPS) is 15.1. The van der Waals surface area contributed by atoms with Crippen molar-refractivity contribution in [2.24, 2.45) is 0 Å². The van der Waals surface area contributed by atoms with Crippen LogP contribution in [-0.4, -0.2) is 36.7 Å². The second kappa shape index (κ2) is 6.03. The molecule has 0 amide bonds. The molecular weight excluding hydrogens is 310 g/mol. The zero-order valence-corrected chi connectivity index (χ0v) is 14.5. The molecule has 6 heteroatoms. The van der Waals surface area contributed by atoms with Gasteiger partial charge >= 0.3 is 0 Å². The van der Waals surface area contributed by atoms with Gasteiger partial charge in [-0.3, -0.25) is 4.98 Å². The fourth-order valence-electron chi connectivity index (χ4n) is 2.74. The van der Waals surface area contributed by atoms with Crippen LogP contribution < -0.4 is 0 Å². The van der Waals surface area contributed by atoms with Crippen molar-refractivity contribution in [3.05, 3.63) is 58.9 Å². The molecule has 1 aromatic carbocycles. The third-order valence-corrected chi connectivity index (χ3v) is 5.78. The van der Waals surface area contributed by atoms with Crippen molar-refractivity contribution in [2.75, 3.05) is 14.1 Å². The molecule has 0 spiro atoms. The molecule has 23 heavy (non-hydrogen) atoms. The molecule has 1 aliphatic rings. The van der Waals surface area contributed by atoms with E-state index in [1.807, 2.05) is 44.1 Å². The third-order valence-electron chi connectivity index (χ3n) is 3.97. The molecule has 5 nitrogen and oxygen atoms in total. The van der Waals surface area contributed by atoms with E-state index in [-0.39, 0.29) is 0 Å². The fourth-order valence-corrected chi connectivity index (χ4v) is 4.14. The molecule has 3 rings (SSSR count). The van der Waals surface area contributed by atoms with Crippen LogP contribution in [0.3, 0.4) is 0 Å². The van der Waals surface area contributed by atoms with Crippen molar-refractivity contribution in [3.63, 3.8) is 0 Å². The molecular formula is C17H21N3O2S. The van der Waals surface area contributed by atoms with Gasteiger partial charge in [-0.05, 0) is 50.3 Å². The number of hydrogen-bond acceptors (Lipinski definition) is 4. The summed E-state index contributed by atoms with van der Waals surface area (Å²) in [7, 11) is 0.514. The summed E-state index contributed by atoms with van der Waals surface area (Å²) in [6.07, 6.45) is 1.80. The molecule has 2 heterocycles. The van der Waals surface area contributed by atoms with Crippen molar-refractivity contribution in [2.45, 2.75) is 31.5 Å². The van der Waals surface area contributed by atoms with Gasteiger partial charge in [-0.2, -0.15) is 4.31 Å². The molecule has 0 aliphatic carbocycles. The monoisotopic (exact) mass is 331 g/mol. The van der Waals surface area contributed by atoms with Crippen molar-refractivity contribution < 1.29 is 8.42 Å². The van der Waals surface area contributed by atoms with E-state index in [9.17, 15) is 8.42 Å². The molecule has 1 aromatic heterocycles. The van der Waals surface area contributed by atoms with Gasteiger partial charge in [0, 0.05) is 25.8 Å². The minimum Gasteiger partial charge on any atom is -0.304 e. The molecule has 0 N–H and O–H groups in total. The minimum absolute atomic E-state index is 0.345. The number of hydrogen-bond donors (Lipinski definition) is 0. The van der Waals surface area contributed by atoms with E-state index in [4.69, 9.17) is 0 Å². The molecule has 122 valence electrons. The minimum atomic E-state index is -3.46. The Hall–Kier alpha value is -1.76. The van der Waals surface area contributed by atoms with Crippen LogP contribution in [0, 0.1) is 6.92 Å². The number of rotatable bonds is 4. The largest absolute Gasteiger partial charge is 0.304 e. The number of benzene rings is 1. The van der Waals surface area contributed by atoms with E-state index in [2.05, 4.69) is 4.98 Å². The van der Waals surface area contributed by atoms with Gasteiger partial charge in [0.15, 0.2) is 0 Å². The second-order valence-electron chi connectivity index (χ2n) is 6.27. The highest BCUT2D eigenvalue weighted by Gasteiger charge is 2.30. The molecule has 1 aliphatic heterocycles. The summed E-state index contributed by atoms with van der Waals surface area (Å²) in [6, 6.07) is 9.01. The lowest BCUT2D eigenvalue weighted by atomic mass is 10.1. The Morgan fingerprint density at radius 2 is 1.78 bits per heavy atom. The van der Waals surface area contributed by atoms with Gasteiger partial charge in [-0.25, -0.2) is 8.42 Å². The highest BCUT2D eigenvalue weighted by atomic mass is 32.2. The fraction of sp³-hybridized carbons (Fsp3) is 0.353. The van der Waals surface area contributed by atoms with E-state index < -0.39 is 10.0 Å². The van der Waals surface area contributed by atoms with Crippen LogP contribution in [0.4, 0.5) is 0 Å². The number of pyridine rings is 1. The van der Waals surface area contributed by atoms with Gasteiger partial charge < -0.3 is 4.90 Å². The Balaban J connectivity index is 1.85. The van der Waals surface area contributed by atoms with Crippen molar-refractivity contribution in [1.82, 2.24) is 14.2 Å². The van der Waals surface area contributed by atoms with E-state index in [0.717, 1.165) is 28.9 Å². The topological polar surface area (TPSA) is 53.5 Å². The van der Waals surface area contributed by atoms with Crippen molar-refractivity contribution in [3.8, 4) is 0 Å². The van der Waals surface area contributed by atoms with Gasteiger partial charge in [-0.15, -0.1) is 0 Å². The Morgan fingerprint density at radius 3 is 2.43 bits per heavy atom. The first kappa shape index (κ1) is 16.1. The molecule has 0 atom stereocenters. The van der Waals surface area contributed by atoms with Crippen molar-refractivity contribution >= 4 is 10.0 Å². The van der Waals surface area contributed by atoms with E-state index >= 15 is 0 Å². The van der Waals surface area contributed by atoms with Crippen LogP contribution in [0.1, 0.15) is 22.4 Å². The first-order chi connectivity index (χ1) is 10.9. The zero-order valence-electron chi connectivity index (χ0n) is 13.7. The maximum Gasteiger partial charge on any atom is 0.243 e. The number of fused-ring (bicyclic) bond motifs is 1. The molecule has 0 fully saturated rings. The maximum atomic E-state index is 12.8. The van der Waals surface area contributed by atoms with Crippen LogP contribution in [-0.2, 0) is 29.7 Å². The van der Waals surface area contributed by atoms with Gasteiger partial charge in [0.1, 0.15) is 0 Å². The predicted molar refractivity (Wildman–Crippen MR) is 89.2 cm³/mol. The smallest absolute Gasteiger partial charge is 0.243 e. The number of nitrogens with zero attached hydrogens (tertiary/aromatic N) is 3. The lowest BCUT2D eigenvalue weighted by molar-refractivity contribution is 0.396. The van der Waals surface area contributed by atoms with Crippen LogP contribution in [0.15, 0.2) is 41.4 Å². The Bertz CT molecular complexity index is 814. The first-order valence-corrected chi connectivity index (χ1v) is 8.98. The third kappa shape index (κ3) is 3.29. The van der Waals surface area contributed by atoms with E-state index in [0.29, 0.717) is 18.0 Å². The second-order valence-corrected chi connectivity index (χ2v) is 8.21. The van der Waals surface area contributed by atoms with E-state index in [1.165, 1.54) is 4.31 Å². The quantitative estimate of drug-likeness (QED) is 0.861. The highest BCUT2D eigenvalue weighted by Crippen LogP contribution is 2.28. The highest BCUT2D eigenvalue weighted by molar-refractivity contribution is 7.89. The lowest BCUT2D eigenvalue weighted by Gasteiger charge is -2.15. The molecule has 0 saturated heterocycles. The Kier molecular flexibility index (Phi) is 4.23. The van der Waals surface area contributed by atoms with Gasteiger partial charge in [0.25, 0.3) is 0 Å². The summed E-state index contributed by atoms with van der Waals surface area (Å²) in [4.78, 5) is 6.82. The number of aromatic nitrogens is 1. The van der Waals surface area contributed by atoms with Gasteiger partial charge in [-0.1, -0.05) is 17.7 Å². The summed E-state index contributed by atoms with van der Waals surface area (Å²) in [5, 5.41) is 0. The average Bonchev–Trinajstić information content (AvgIpc) is 2.91. The van der Waals surface area contributed by atoms with Crippen LogP contribution in [0.25, 0.3) is 0 Å². The van der Waals surface area contributed by atoms with Crippen LogP contribution in [0.2, 0.25) is 0 Å². The zero-order chi connectivity index (χ0) is 16.6. The first-order valence-electron chi connectivity index (χ1n) is 7.54. The predicted octanol–water partition coefficient (Wildman–Crippen LogP) is 2.16. The molecule has 0 bridgehead atoms. The van der Waals surface area contributed by atoms with E-state index in [1.54, 1.807) is 18.3 Å². The molecule has 2 aromatic rings. The lowest BCUT2D eigenvalue weighted by Crippen LogP contribution is -2.25. The molecule has 0 unspecified atom stereocenters. The summed E-state index contributed by atoms with van der Waals surface area (Å²) >= 11 is 0. The van der Waals surface area contributed by atoms with Gasteiger partial charge in [0.2, 0.25) is 10.0 Å². The van der Waals surface area contributed by atoms with Crippen molar-refractivity contribution in [1.29, 1.82) is 0 Å². The SMILES string of the molecule is Cc1ccc(S(=O)(=O)N2Cc3cnc(CN(C)C)cc3C2)cc1. The van der Waals surface area contributed by atoms with Crippen LogP contribution in [0.5, 0.6) is 0 Å². The number of sulfonamides is 1. The Labute approximate surface area is 137 Å². The summed E-state index contributed by atoms with van der Waals surface area (Å²) < 4.78 is 27.1. The molecule has 0 radical (unpaired) electrons. The summed E-state index contributed by atoms with van der Waals surface area (Å²) in [5.41, 5.74) is 4.05. The summed E-state index contributed by atoms with van der Waals surface area (Å²) in [6.45, 7) is 3.49. The standard InChI is InChI=1S/C17H21N3O2S/c1-13-4-6-17(7-5-13)23(21,22)20-10-14-8-16(12-19(2)3)18-9-15(14)11-20/h4-9H,10-12H2,1-3H3. The van der Waals surface area contributed by atoms with Gasteiger partial charge in [0.05, 0.1) is 10.6 Å². The van der Waals surface area contributed by atoms with Crippen LogP contribution >= 0.6 is 0 Å². The Morgan fingerprint density at radius 1 is 1.13 bits per heavy atom.